The fraction of sp³-hybridized carbons (Fsp3) is 0.647. The van der Waals surface area contributed by atoms with Gasteiger partial charge in [-0.15, -0.1) is 0 Å². The molecule has 0 aromatic heterocycles. The first-order chi connectivity index (χ1) is 8.95. The molecule has 1 saturated heterocycles. The predicted octanol–water partition coefficient (Wildman–Crippen LogP) is 3.87. The largest absolute Gasteiger partial charge is 0.372 e. The van der Waals surface area contributed by atoms with Gasteiger partial charge in [0, 0.05) is 12.2 Å². The molecular formula is C17H27NO. The van der Waals surface area contributed by atoms with Crippen molar-refractivity contribution < 1.29 is 4.74 Å². The zero-order valence-electron chi connectivity index (χ0n) is 13.2. The van der Waals surface area contributed by atoms with E-state index >= 15 is 0 Å². The molecule has 1 unspecified atom stereocenters. The number of morpholine rings is 1. The molecule has 2 nitrogen and oxygen atoms in total. The number of hydrogen-bond acceptors (Lipinski definition) is 2. The van der Waals surface area contributed by atoms with Crippen LogP contribution in [0.1, 0.15) is 44.4 Å². The molecule has 0 spiro atoms. The molecule has 1 heterocycles. The molecule has 0 radical (unpaired) electrons. The smallest absolute Gasteiger partial charge is 0.0751 e. The van der Waals surface area contributed by atoms with Crippen molar-refractivity contribution in [2.45, 2.75) is 66.2 Å². The van der Waals surface area contributed by atoms with Gasteiger partial charge in [0.25, 0.3) is 0 Å². The molecule has 19 heavy (non-hydrogen) atoms. The molecule has 1 aromatic carbocycles. The van der Waals surface area contributed by atoms with Crippen molar-refractivity contribution in [1.29, 1.82) is 0 Å². The molecule has 0 N–H and O–H groups in total. The van der Waals surface area contributed by atoms with Crippen molar-refractivity contribution in [3.63, 3.8) is 0 Å². The van der Waals surface area contributed by atoms with Crippen LogP contribution < -0.4 is 4.90 Å². The second-order valence-electron chi connectivity index (χ2n) is 5.89. The van der Waals surface area contributed by atoms with E-state index in [9.17, 15) is 0 Å². The Labute approximate surface area is 117 Å². The summed E-state index contributed by atoms with van der Waals surface area (Å²) in [4.78, 5) is 2.51. The summed E-state index contributed by atoms with van der Waals surface area (Å²) < 4.78 is 5.92. The number of hydrogen-bond donors (Lipinski definition) is 0. The molecule has 1 aliphatic rings. The van der Waals surface area contributed by atoms with Crippen LogP contribution in [0.15, 0.2) is 12.1 Å². The second kappa shape index (κ2) is 5.54. The number of anilines is 1. The molecule has 0 bridgehead atoms. The second-order valence-corrected chi connectivity index (χ2v) is 5.89. The van der Waals surface area contributed by atoms with Crippen molar-refractivity contribution in [2.24, 2.45) is 0 Å². The fourth-order valence-corrected chi connectivity index (χ4v) is 3.09. The van der Waals surface area contributed by atoms with Gasteiger partial charge in [0.1, 0.15) is 0 Å². The van der Waals surface area contributed by atoms with Gasteiger partial charge in [-0.05, 0) is 63.8 Å². The Bertz CT molecular complexity index is 455. The Balaban J connectivity index is 2.38. The third-order valence-electron chi connectivity index (χ3n) is 4.63. The maximum atomic E-state index is 5.92. The monoisotopic (exact) mass is 261 g/mol. The fourth-order valence-electron chi connectivity index (χ4n) is 3.09. The van der Waals surface area contributed by atoms with E-state index in [0.29, 0.717) is 12.1 Å². The average Bonchev–Trinajstić information content (AvgIpc) is 2.37. The summed E-state index contributed by atoms with van der Waals surface area (Å²) in [6, 6.07) is 5.01. The van der Waals surface area contributed by atoms with E-state index in [4.69, 9.17) is 4.74 Å². The number of ether oxygens (including phenoxy) is 1. The topological polar surface area (TPSA) is 12.5 Å². The standard InChI is InChI=1S/C17H27NO/c1-7-16-8-9-17(13(4)12(16)3)18-10-11(2)19-15(6)14(18)5/h8-9,11,14-15H,7,10H2,1-6H3/t11-,14?,15+/m0/s1. The number of rotatable bonds is 2. The zero-order chi connectivity index (χ0) is 14.2. The van der Waals surface area contributed by atoms with E-state index in [1.165, 1.54) is 22.4 Å². The van der Waals surface area contributed by atoms with Crippen LogP contribution in [0, 0.1) is 13.8 Å². The highest BCUT2D eigenvalue weighted by atomic mass is 16.5. The maximum absolute atomic E-state index is 5.92. The minimum Gasteiger partial charge on any atom is -0.372 e. The SMILES string of the molecule is CCc1ccc(N2C[C@H](C)O[C@H](C)C2C)c(C)c1C. The van der Waals surface area contributed by atoms with Gasteiger partial charge in [-0.3, -0.25) is 0 Å². The molecule has 0 amide bonds. The van der Waals surface area contributed by atoms with Crippen LogP contribution >= 0.6 is 0 Å². The molecule has 3 atom stereocenters. The minimum absolute atomic E-state index is 0.286. The van der Waals surface area contributed by atoms with Crippen LogP contribution in [0.4, 0.5) is 5.69 Å². The summed E-state index contributed by atoms with van der Waals surface area (Å²) in [7, 11) is 0. The van der Waals surface area contributed by atoms with Gasteiger partial charge in [0.2, 0.25) is 0 Å². The van der Waals surface area contributed by atoms with Crippen molar-refractivity contribution in [2.75, 3.05) is 11.4 Å². The lowest BCUT2D eigenvalue weighted by atomic mass is 9.97. The molecule has 2 rings (SSSR count). The number of aryl methyl sites for hydroxylation is 1. The van der Waals surface area contributed by atoms with Gasteiger partial charge in [0.05, 0.1) is 18.2 Å². The predicted molar refractivity (Wildman–Crippen MR) is 82.1 cm³/mol. The van der Waals surface area contributed by atoms with Crippen LogP contribution in [0.25, 0.3) is 0 Å². The Morgan fingerprint density at radius 2 is 1.84 bits per heavy atom. The summed E-state index contributed by atoms with van der Waals surface area (Å²) in [5.74, 6) is 0. The molecule has 1 aliphatic heterocycles. The Morgan fingerprint density at radius 3 is 2.47 bits per heavy atom. The lowest BCUT2D eigenvalue weighted by molar-refractivity contribution is -0.0258. The lowest BCUT2D eigenvalue weighted by Gasteiger charge is -2.43. The summed E-state index contributed by atoms with van der Waals surface area (Å²) in [6.45, 7) is 14.3. The van der Waals surface area contributed by atoms with Crippen LogP contribution in [0.2, 0.25) is 0 Å². The van der Waals surface area contributed by atoms with Crippen LogP contribution in [0.3, 0.4) is 0 Å². The van der Waals surface area contributed by atoms with E-state index in [-0.39, 0.29) is 6.10 Å². The molecule has 0 aliphatic carbocycles. The molecule has 2 heteroatoms. The molecular weight excluding hydrogens is 234 g/mol. The Kier molecular flexibility index (Phi) is 4.19. The highest BCUT2D eigenvalue weighted by Gasteiger charge is 2.30. The highest BCUT2D eigenvalue weighted by Crippen LogP contribution is 2.31. The normalized spacial score (nSPS) is 27.7. The van der Waals surface area contributed by atoms with Gasteiger partial charge in [-0.25, -0.2) is 0 Å². The van der Waals surface area contributed by atoms with Gasteiger partial charge >= 0.3 is 0 Å². The lowest BCUT2D eigenvalue weighted by Crippen LogP contribution is -2.52. The van der Waals surface area contributed by atoms with Gasteiger partial charge in [-0.1, -0.05) is 13.0 Å². The first kappa shape index (κ1) is 14.4. The van der Waals surface area contributed by atoms with Crippen molar-refractivity contribution >= 4 is 5.69 Å². The van der Waals surface area contributed by atoms with Gasteiger partial charge in [0.15, 0.2) is 0 Å². The van der Waals surface area contributed by atoms with E-state index in [1.807, 2.05) is 0 Å². The van der Waals surface area contributed by atoms with Crippen molar-refractivity contribution in [1.82, 2.24) is 0 Å². The average molecular weight is 261 g/mol. The first-order valence-electron chi connectivity index (χ1n) is 7.46. The van der Waals surface area contributed by atoms with Crippen molar-refractivity contribution in [3.05, 3.63) is 28.8 Å². The van der Waals surface area contributed by atoms with Gasteiger partial charge < -0.3 is 9.64 Å². The summed E-state index contributed by atoms with van der Waals surface area (Å²) in [5.41, 5.74) is 5.71. The summed E-state index contributed by atoms with van der Waals surface area (Å²) in [5, 5.41) is 0. The van der Waals surface area contributed by atoms with E-state index in [1.54, 1.807) is 0 Å². The van der Waals surface area contributed by atoms with Gasteiger partial charge in [-0.2, -0.15) is 0 Å². The maximum Gasteiger partial charge on any atom is 0.0751 e. The molecule has 1 fully saturated rings. The number of benzene rings is 1. The van der Waals surface area contributed by atoms with Crippen LogP contribution in [-0.2, 0) is 11.2 Å². The quantitative estimate of drug-likeness (QED) is 0.801. The first-order valence-corrected chi connectivity index (χ1v) is 7.46. The van der Waals surface area contributed by atoms with E-state index in [0.717, 1.165) is 13.0 Å². The Hall–Kier alpha value is -1.02. The summed E-state index contributed by atoms with van der Waals surface area (Å²) in [6.07, 6.45) is 1.70. The van der Waals surface area contributed by atoms with E-state index in [2.05, 4.69) is 58.6 Å². The Morgan fingerprint density at radius 1 is 1.16 bits per heavy atom. The number of nitrogens with zero attached hydrogens (tertiary/aromatic N) is 1. The van der Waals surface area contributed by atoms with Crippen LogP contribution in [0.5, 0.6) is 0 Å². The molecule has 106 valence electrons. The van der Waals surface area contributed by atoms with Crippen LogP contribution in [-0.4, -0.2) is 24.8 Å². The summed E-state index contributed by atoms with van der Waals surface area (Å²) >= 11 is 0. The molecule has 0 saturated carbocycles. The zero-order valence-corrected chi connectivity index (χ0v) is 13.2. The minimum atomic E-state index is 0.286. The molecule has 1 aromatic rings. The third-order valence-corrected chi connectivity index (χ3v) is 4.63. The highest BCUT2D eigenvalue weighted by molar-refractivity contribution is 5.59. The van der Waals surface area contributed by atoms with Crippen molar-refractivity contribution in [3.8, 4) is 0 Å². The third kappa shape index (κ3) is 2.64. The van der Waals surface area contributed by atoms with E-state index < -0.39 is 0 Å².